The lowest BCUT2D eigenvalue weighted by molar-refractivity contribution is 0.0994. The Morgan fingerprint density at radius 2 is 1.23 bits per heavy atom. The highest BCUT2D eigenvalue weighted by atomic mass is 16.1. The lowest BCUT2D eigenvalue weighted by atomic mass is 9.83. The normalized spacial score (nSPS) is 16.2. The van der Waals surface area contributed by atoms with E-state index in [1.54, 1.807) is 0 Å². The predicted octanol–water partition coefficient (Wildman–Crippen LogP) is 5.66. The number of ketones is 2. The molecule has 2 heteroatoms. The van der Waals surface area contributed by atoms with Gasteiger partial charge in [0.1, 0.15) is 0 Å². The van der Waals surface area contributed by atoms with Crippen LogP contribution in [0.15, 0.2) is 72.8 Å². The van der Waals surface area contributed by atoms with Gasteiger partial charge >= 0.3 is 0 Å². The van der Waals surface area contributed by atoms with E-state index in [9.17, 15) is 9.59 Å². The van der Waals surface area contributed by atoms with Gasteiger partial charge in [0.2, 0.25) is 0 Å². The molecule has 5 aliphatic carbocycles. The van der Waals surface area contributed by atoms with Crippen LogP contribution in [0.25, 0.3) is 0 Å². The van der Waals surface area contributed by atoms with Crippen molar-refractivity contribution in [2.75, 3.05) is 0 Å². The number of benzene rings is 3. The van der Waals surface area contributed by atoms with Crippen molar-refractivity contribution in [3.63, 3.8) is 0 Å². The maximum absolute atomic E-state index is 12.3. The van der Waals surface area contributed by atoms with E-state index in [0.717, 1.165) is 31.2 Å². The molecule has 0 N–H and O–H groups in total. The number of hydrogen-bond donors (Lipinski definition) is 0. The zero-order valence-electron chi connectivity index (χ0n) is 17.2. The molecule has 4 bridgehead atoms. The predicted molar refractivity (Wildman–Crippen MR) is 119 cm³/mol. The molecule has 1 atom stereocenters. The molecule has 8 rings (SSSR count). The highest BCUT2D eigenvalue weighted by Crippen LogP contribution is 2.32. The molecular formula is C28H24O2. The summed E-state index contributed by atoms with van der Waals surface area (Å²) < 4.78 is 0. The number of rotatable bonds is 2. The van der Waals surface area contributed by atoms with Crippen LogP contribution >= 0.6 is 0 Å². The van der Waals surface area contributed by atoms with E-state index in [1.165, 1.54) is 40.0 Å². The highest BCUT2D eigenvalue weighted by Gasteiger charge is 2.22. The van der Waals surface area contributed by atoms with Crippen LogP contribution in [0.3, 0.4) is 0 Å². The Labute approximate surface area is 177 Å². The molecule has 0 spiro atoms. The monoisotopic (exact) mass is 392 g/mol. The molecule has 0 radical (unpaired) electrons. The number of carbonyl (C=O) groups excluding carboxylic acids is 2. The van der Waals surface area contributed by atoms with Crippen molar-refractivity contribution < 1.29 is 9.59 Å². The minimum absolute atomic E-state index is 0.0854. The molecule has 30 heavy (non-hydrogen) atoms. The number of aryl methyl sites for hydroxylation is 4. The van der Waals surface area contributed by atoms with Gasteiger partial charge in [-0.15, -0.1) is 0 Å². The van der Waals surface area contributed by atoms with E-state index in [-0.39, 0.29) is 17.5 Å². The van der Waals surface area contributed by atoms with Crippen molar-refractivity contribution in [1.82, 2.24) is 0 Å². The molecule has 0 aliphatic heterocycles. The maximum Gasteiger partial charge on any atom is 0.186 e. The first-order valence-corrected chi connectivity index (χ1v) is 10.7. The van der Waals surface area contributed by atoms with Crippen LogP contribution in [-0.4, -0.2) is 11.6 Å². The highest BCUT2D eigenvalue weighted by molar-refractivity contribution is 6.22. The minimum Gasteiger partial charge on any atom is -0.289 e. The van der Waals surface area contributed by atoms with Crippen LogP contribution in [0.1, 0.15) is 66.9 Å². The van der Waals surface area contributed by atoms with E-state index >= 15 is 0 Å². The third-order valence-corrected chi connectivity index (χ3v) is 6.55. The fourth-order valence-corrected chi connectivity index (χ4v) is 4.63. The summed E-state index contributed by atoms with van der Waals surface area (Å²) in [4.78, 5) is 24.5. The zero-order valence-corrected chi connectivity index (χ0v) is 17.2. The molecule has 3 aromatic carbocycles. The summed E-state index contributed by atoms with van der Waals surface area (Å²) >= 11 is 0. The van der Waals surface area contributed by atoms with E-state index < -0.39 is 0 Å². The maximum atomic E-state index is 12.3. The summed E-state index contributed by atoms with van der Waals surface area (Å²) in [5.74, 6) is -0.0210. The molecule has 5 aliphatic rings. The summed E-state index contributed by atoms with van der Waals surface area (Å²) in [7, 11) is 0. The molecular weight excluding hydrogens is 368 g/mol. The van der Waals surface area contributed by atoms with Crippen LogP contribution in [-0.2, 0) is 25.7 Å². The molecule has 3 aromatic rings. The van der Waals surface area contributed by atoms with Crippen molar-refractivity contribution in [1.29, 1.82) is 0 Å². The number of allylic oxidation sites excluding steroid dienone is 2. The third-order valence-electron chi connectivity index (χ3n) is 6.55. The Kier molecular flexibility index (Phi) is 4.71. The molecule has 0 aromatic heterocycles. The molecule has 0 fully saturated rings. The fourth-order valence-electron chi connectivity index (χ4n) is 4.63. The van der Waals surface area contributed by atoms with Gasteiger partial charge in [-0.2, -0.15) is 0 Å². The summed E-state index contributed by atoms with van der Waals surface area (Å²) in [5, 5.41) is 0. The number of fused-ring (bicyclic) bond motifs is 1. The average molecular weight is 392 g/mol. The molecule has 0 heterocycles. The van der Waals surface area contributed by atoms with Gasteiger partial charge in [-0.1, -0.05) is 61.5 Å². The van der Waals surface area contributed by atoms with Gasteiger partial charge in [-0.25, -0.2) is 0 Å². The Balaban J connectivity index is 1.53. The first kappa shape index (κ1) is 18.7. The van der Waals surface area contributed by atoms with Gasteiger partial charge in [0.05, 0.1) is 0 Å². The molecule has 0 saturated carbocycles. The van der Waals surface area contributed by atoms with Gasteiger partial charge in [-0.05, 0) is 77.3 Å². The van der Waals surface area contributed by atoms with Crippen molar-refractivity contribution in [2.24, 2.45) is 0 Å². The van der Waals surface area contributed by atoms with Crippen molar-refractivity contribution >= 4 is 11.6 Å². The minimum atomic E-state index is -0.0911. The zero-order chi connectivity index (χ0) is 20.7. The van der Waals surface area contributed by atoms with Gasteiger partial charge < -0.3 is 0 Å². The first-order chi connectivity index (χ1) is 14.6. The topological polar surface area (TPSA) is 34.1 Å². The van der Waals surface area contributed by atoms with Crippen LogP contribution < -0.4 is 0 Å². The molecule has 148 valence electrons. The van der Waals surface area contributed by atoms with E-state index in [1.807, 2.05) is 18.2 Å². The van der Waals surface area contributed by atoms with E-state index in [2.05, 4.69) is 49.4 Å². The molecule has 0 unspecified atom stereocenters. The second kappa shape index (κ2) is 7.53. The van der Waals surface area contributed by atoms with Crippen LogP contribution in [0, 0.1) is 0 Å². The lowest BCUT2D eigenvalue weighted by Crippen LogP contribution is -2.13. The van der Waals surface area contributed by atoms with Gasteiger partial charge in [-0.3, -0.25) is 9.59 Å². The Hall–Kier alpha value is -3.26. The average Bonchev–Trinajstić information content (AvgIpc) is 2.77. The summed E-state index contributed by atoms with van der Waals surface area (Å²) in [5.41, 5.74) is 8.90. The Morgan fingerprint density at radius 1 is 0.633 bits per heavy atom. The summed E-state index contributed by atoms with van der Waals surface area (Å²) in [6.45, 7) is 2.20. The number of hydrogen-bond acceptors (Lipinski definition) is 2. The van der Waals surface area contributed by atoms with Crippen LogP contribution in [0.5, 0.6) is 0 Å². The van der Waals surface area contributed by atoms with Crippen molar-refractivity contribution in [2.45, 2.75) is 38.5 Å². The van der Waals surface area contributed by atoms with Gasteiger partial charge in [0.15, 0.2) is 11.6 Å². The smallest absolute Gasteiger partial charge is 0.186 e. The van der Waals surface area contributed by atoms with E-state index in [4.69, 9.17) is 0 Å². The fraction of sp³-hybridized carbons (Fsp3) is 0.214. The second-order valence-electron chi connectivity index (χ2n) is 8.44. The van der Waals surface area contributed by atoms with Gasteiger partial charge in [0.25, 0.3) is 0 Å². The third kappa shape index (κ3) is 3.43. The van der Waals surface area contributed by atoms with Gasteiger partial charge in [0, 0.05) is 17.0 Å². The molecule has 0 amide bonds. The second-order valence-corrected chi connectivity index (χ2v) is 8.44. The molecule has 0 saturated heterocycles. The lowest BCUT2D eigenvalue weighted by Gasteiger charge is -2.21. The SMILES string of the molecule is C[C@@H](c1ccc2c(c1)C(=O)C=CC2=O)c1cc2ccc1CCc1ccc(cc1)CC2. The summed E-state index contributed by atoms with van der Waals surface area (Å²) in [6, 6.07) is 21.7. The Bertz CT molecular complexity index is 1180. The number of carbonyl (C=O) groups is 2. The standard InChI is InChI=1S/C28H24O2/c1-18(23-12-13-24-26(17-23)28(30)15-14-27(24)29)25-16-21-7-6-19-2-4-20(5-3-19)8-10-22(25)11-9-21/h2-5,9,11-18H,6-8,10H2,1H3/t18-/m0/s1. The van der Waals surface area contributed by atoms with Crippen molar-refractivity contribution in [3.8, 4) is 0 Å². The van der Waals surface area contributed by atoms with E-state index in [0.29, 0.717) is 11.1 Å². The van der Waals surface area contributed by atoms with Crippen molar-refractivity contribution in [3.05, 3.63) is 117 Å². The quantitative estimate of drug-likeness (QED) is 0.564. The Morgan fingerprint density at radius 3 is 1.97 bits per heavy atom. The first-order valence-electron chi connectivity index (χ1n) is 10.7. The molecule has 2 nitrogen and oxygen atoms in total. The largest absolute Gasteiger partial charge is 0.289 e. The summed E-state index contributed by atoms with van der Waals surface area (Å²) in [6.07, 6.45) is 6.81. The van der Waals surface area contributed by atoms with Crippen LogP contribution in [0.4, 0.5) is 0 Å². The van der Waals surface area contributed by atoms with Crippen LogP contribution in [0.2, 0.25) is 0 Å².